The molecule has 4 nitrogen and oxygen atoms in total. The smallest absolute Gasteiger partial charge is 0.302 e. The van der Waals surface area contributed by atoms with Crippen LogP contribution in [0.5, 0.6) is 0 Å². The van der Waals surface area contributed by atoms with Crippen LogP contribution in [-0.2, 0) is 14.3 Å². The van der Waals surface area contributed by atoms with Crippen LogP contribution in [0.15, 0.2) is 0 Å². The second-order valence-corrected chi connectivity index (χ2v) is 4.03. The highest BCUT2D eigenvalue weighted by molar-refractivity contribution is 5.65. The molecule has 0 aromatic heterocycles. The minimum absolute atomic E-state index is 0.0132. The molecule has 15 heavy (non-hydrogen) atoms. The molecular formula is C10H17FO4. The Balaban J connectivity index is 2.54. The molecule has 0 amide bonds. The van der Waals surface area contributed by atoms with E-state index >= 15 is 0 Å². The molecule has 1 heterocycles. The molecule has 1 N–H and O–H groups in total. The van der Waals surface area contributed by atoms with E-state index < -0.39 is 30.5 Å². The van der Waals surface area contributed by atoms with Gasteiger partial charge in [0, 0.05) is 18.8 Å². The van der Waals surface area contributed by atoms with Gasteiger partial charge in [0.2, 0.25) is 0 Å². The molecule has 0 aromatic rings. The molecule has 0 saturated carbocycles. The first-order chi connectivity index (χ1) is 6.93. The van der Waals surface area contributed by atoms with Crippen LogP contribution in [0.1, 0.15) is 20.8 Å². The number of alkyl halides is 1. The van der Waals surface area contributed by atoms with Gasteiger partial charge in [0.25, 0.3) is 0 Å². The maximum absolute atomic E-state index is 13.6. The van der Waals surface area contributed by atoms with Gasteiger partial charge < -0.3 is 14.6 Å². The van der Waals surface area contributed by atoms with Crippen molar-refractivity contribution in [2.24, 2.45) is 11.8 Å². The Morgan fingerprint density at radius 3 is 2.60 bits per heavy atom. The highest BCUT2D eigenvalue weighted by atomic mass is 19.1. The number of aliphatic hydroxyl groups excluding tert-OH is 1. The molecule has 1 aliphatic rings. The van der Waals surface area contributed by atoms with Gasteiger partial charge in [0.15, 0.2) is 6.29 Å². The largest absolute Gasteiger partial charge is 0.463 e. The first-order valence-electron chi connectivity index (χ1n) is 5.04. The Kier molecular flexibility index (Phi) is 4.04. The molecule has 1 aliphatic heterocycles. The Hall–Kier alpha value is -0.680. The molecule has 0 aromatic carbocycles. The second-order valence-electron chi connectivity index (χ2n) is 4.03. The van der Waals surface area contributed by atoms with Crippen molar-refractivity contribution in [3.63, 3.8) is 0 Å². The topological polar surface area (TPSA) is 55.8 Å². The maximum atomic E-state index is 13.6. The van der Waals surface area contributed by atoms with Gasteiger partial charge in [0.05, 0.1) is 0 Å². The number of hydrogen-bond donors (Lipinski definition) is 1. The van der Waals surface area contributed by atoms with Crippen molar-refractivity contribution in [2.45, 2.75) is 39.3 Å². The van der Waals surface area contributed by atoms with Crippen LogP contribution in [0.25, 0.3) is 0 Å². The lowest BCUT2D eigenvalue weighted by molar-refractivity contribution is -0.238. The fourth-order valence-electron chi connectivity index (χ4n) is 1.66. The van der Waals surface area contributed by atoms with Crippen LogP contribution < -0.4 is 0 Å². The maximum Gasteiger partial charge on any atom is 0.302 e. The minimum Gasteiger partial charge on any atom is -0.463 e. The zero-order chi connectivity index (χ0) is 11.6. The van der Waals surface area contributed by atoms with Crippen molar-refractivity contribution in [1.29, 1.82) is 0 Å². The fourth-order valence-corrected chi connectivity index (χ4v) is 1.66. The van der Waals surface area contributed by atoms with Crippen molar-refractivity contribution < 1.29 is 23.8 Å². The third-order valence-electron chi connectivity index (χ3n) is 2.81. The second kappa shape index (κ2) is 4.90. The Labute approximate surface area is 88.4 Å². The van der Waals surface area contributed by atoms with Gasteiger partial charge in [-0.3, -0.25) is 4.79 Å². The number of halogens is 1. The summed E-state index contributed by atoms with van der Waals surface area (Å²) < 4.78 is 23.5. The molecular weight excluding hydrogens is 203 g/mol. The Morgan fingerprint density at radius 2 is 2.07 bits per heavy atom. The Bertz CT molecular complexity index is 233. The molecule has 0 bridgehead atoms. The molecule has 1 saturated heterocycles. The van der Waals surface area contributed by atoms with Gasteiger partial charge in [-0.1, -0.05) is 13.8 Å². The lowest BCUT2D eigenvalue weighted by Crippen LogP contribution is -2.48. The summed E-state index contributed by atoms with van der Waals surface area (Å²) in [6, 6.07) is 0. The van der Waals surface area contributed by atoms with E-state index in [4.69, 9.17) is 9.47 Å². The summed E-state index contributed by atoms with van der Waals surface area (Å²) in [6.45, 7) is 4.54. The van der Waals surface area contributed by atoms with E-state index in [1.807, 2.05) is 0 Å². The predicted molar refractivity (Wildman–Crippen MR) is 50.7 cm³/mol. The Morgan fingerprint density at radius 1 is 1.47 bits per heavy atom. The number of carbonyl (C=O) groups excluding carboxylic acids is 1. The lowest BCUT2D eigenvalue weighted by atomic mass is 9.87. The summed E-state index contributed by atoms with van der Waals surface area (Å²) in [7, 11) is 0. The van der Waals surface area contributed by atoms with Gasteiger partial charge in [0.1, 0.15) is 18.9 Å². The summed E-state index contributed by atoms with van der Waals surface area (Å²) >= 11 is 0. The summed E-state index contributed by atoms with van der Waals surface area (Å²) in [5, 5.41) is 9.40. The number of carbonyl (C=O) groups is 1. The molecule has 0 radical (unpaired) electrons. The molecule has 0 spiro atoms. The molecule has 3 unspecified atom stereocenters. The van der Waals surface area contributed by atoms with Crippen molar-refractivity contribution in [1.82, 2.24) is 0 Å². The predicted octanol–water partition coefficient (Wildman–Crippen LogP) is 0.877. The number of esters is 1. The van der Waals surface area contributed by atoms with Crippen LogP contribution >= 0.6 is 0 Å². The van der Waals surface area contributed by atoms with Crippen molar-refractivity contribution in [2.75, 3.05) is 6.61 Å². The van der Waals surface area contributed by atoms with E-state index in [9.17, 15) is 14.3 Å². The fraction of sp³-hybridized carbons (Fsp3) is 0.900. The first-order valence-corrected chi connectivity index (χ1v) is 5.04. The number of aliphatic hydroxyl groups is 1. The standard InChI is InChI=1S/C10H17FO4/c1-5-8(4-14-7(3)12)15-10(13)6(2)9(5)11/h5-6,8-10,13H,4H2,1-3H3/t5-,6?,8?,9+,10?/m1/s1. The SMILES string of the molecule is CC(=O)OCC1OC(O)C(C)[C@@H](F)[C@@H]1C. The van der Waals surface area contributed by atoms with E-state index in [2.05, 4.69) is 0 Å². The summed E-state index contributed by atoms with van der Waals surface area (Å²) in [5.74, 6) is -1.37. The average Bonchev–Trinajstić information content (AvgIpc) is 2.18. The summed E-state index contributed by atoms with van der Waals surface area (Å²) in [4.78, 5) is 10.6. The van der Waals surface area contributed by atoms with Gasteiger partial charge in [-0.05, 0) is 0 Å². The van der Waals surface area contributed by atoms with E-state index in [0.717, 1.165) is 0 Å². The van der Waals surface area contributed by atoms with Gasteiger partial charge in [-0.25, -0.2) is 4.39 Å². The average molecular weight is 220 g/mol. The third-order valence-corrected chi connectivity index (χ3v) is 2.81. The normalized spacial score (nSPS) is 41.3. The van der Waals surface area contributed by atoms with Crippen LogP contribution in [0, 0.1) is 11.8 Å². The number of ether oxygens (including phenoxy) is 2. The molecule has 88 valence electrons. The zero-order valence-electron chi connectivity index (χ0n) is 9.14. The quantitative estimate of drug-likeness (QED) is 0.702. The molecule has 5 heteroatoms. The molecule has 5 atom stereocenters. The number of rotatable bonds is 2. The molecule has 1 rings (SSSR count). The van der Waals surface area contributed by atoms with Crippen molar-refractivity contribution in [3.8, 4) is 0 Å². The highest BCUT2D eigenvalue weighted by Crippen LogP contribution is 2.31. The monoisotopic (exact) mass is 220 g/mol. The van der Waals surface area contributed by atoms with Crippen molar-refractivity contribution in [3.05, 3.63) is 0 Å². The van der Waals surface area contributed by atoms with E-state index in [1.54, 1.807) is 13.8 Å². The summed E-state index contributed by atoms with van der Waals surface area (Å²) in [5.41, 5.74) is 0. The van der Waals surface area contributed by atoms with Gasteiger partial charge in [-0.15, -0.1) is 0 Å². The van der Waals surface area contributed by atoms with Crippen LogP contribution in [0.2, 0.25) is 0 Å². The highest BCUT2D eigenvalue weighted by Gasteiger charge is 2.41. The van der Waals surface area contributed by atoms with E-state index in [0.29, 0.717) is 0 Å². The van der Waals surface area contributed by atoms with E-state index in [-0.39, 0.29) is 12.5 Å². The molecule has 0 aliphatic carbocycles. The van der Waals surface area contributed by atoms with Crippen LogP contribution in [0.3, 0.4) is 0 Å². The molecule has 1 fully saturated rings. The summed E-state index contributed by atoms with van der Waals surface area (Å²) in [6.07, 6.45) is -2.85. The van der Waals surface area contributed by atoms with Gasteiger partial charge >= 0.3 is 5.97 Å². The zero-order valence-corrected chi connectivity index (χ0v) is 9.14. The first kappa shape index (κ1) is 12.4. The van der Waals surface area contributed by atoms with Crippen LogP contribution in [-0.4, -0.2) is 36.2 Å². The van der Waals surface area contributed by atoms with Crippen molar-refractivity contribution >= 4 is 5.97 Å². The number of hydrogen-bond acceptors (Lipinski definition) is 4. The van der Waals surface area contributed by atoms with Crippen LogP contribution in [0.4, 0.5) is 4.39 Å². The van der Waals surface area contributed by atoms with Gasteiger partial charge in [-0.2, -0.15) is 0 Å². The minimum atomic E-state index is -1.14. The lowest BCUT2D eigenvalue weighted by Gasteiger charge is -2.38. The third kappa shape index (κ3) is 2.89. The van der Waals surface area contributed by atoms with E-state index in [1.165, 1.54) is 6.92 Å².